The van der Waals surface area contributed by atoms with Gasteiger partial charge in [0.1, 0.15) is 5.82 Å². The van der Waals surface area contributed by atoms with Gasteiger partial charge in [0.15, 0.2) is 5.16 Å². The fourth-order valence-corrected chi connectivity index (χ4v) is 4.99. The number of aromatic nitrogens is 5. The predicted octanol–water partition coefficient (Wildman–Crippen LogP) is 4.97. The van der Waals surface area contributed by atoms with Crippen molar-refractivity contribution < 1.29 is 9.32 Å². The first kappa shape index (κ1) is 24.4. The summed E-state index contributed by atoms with van der Waals surface area (Å²) in [6, 6.07) is 8.71. The van der Waals surface area contributed by atoms with Crippen molar-refractivity contribution in [1.29, 1.82) is 0 Å². The van der Waals surface area contributed by atoms with Crippen molar-refractivity contribution in [3.8, 4) is 11.4 Å². The molecule has 1 saturated carbocycles. The van der Waals surface area contributed by atoms with Gasteiger partial charge in [-0.2, -0.15) is 4.98 Å². The monoisotopic (exact) mass is 482 g/mol. The molecule has 182 valence electrons. The van der Waals surface area contributed by atoms with Gasteiger partial charge < -0.3 is 14.4 Å². The largest absolute Gasteiger partial charge is 0.356 e. The molecule has 3 aromatic rings. The zero-order valence-electron chi connectivity index (χ0n) is 20.3. The van der Waals surface area contributed by atoms with Crippen LogP contribution in [0.2, 0.25) is 0 Å². The summed E-state index contributed by atoms with van der Waals surface area (Å²) in [6.07, 6.45) is 9.41. The van der Waals surface area contributed by atoms with Crippen molar-refractivity contribution >= 4 is 17.7 Å². The first-order valence-electron chi connectivity index (χ1n) is 12.2. The summed E-state index contributed by atoms with van der Waals surface area (Å²) in [5.41, 5.74) is 2.19. The van der Waals surface area contributed by atoms with Gasteiger partial charge in [-0.25, -0.2) is 0 Å². The maximum absolute atomic E-state index is 12.3. The van der Waals surface area contributed by atoms with Crippen LogP contribution in [-0.4, -0.2) is 43.6 Å². The molecule has 1 amide bonds. The minimum Gasteiger partial charge on any atom is -0.356 e. The minimum atomic E-state index is -0.0110. The topological polar surface area (TPSA) is 98.7 Å². The molecule has 1 N–H and O–H groups in total. The number of hydrogen-bond donors (Lipinski definition) is 1. The van der Waals surface area contributed by atoms with Gasteiger partial charge in [-0.05, 0) is 37.0 Å². The highest BCUT2D eigenvalue weighted by Gasteiger charge is 2.23. The molecule has 1 aromatic carbocycles. The van der Waals surface area contributed by atoms with E-state index in [1.807, 2.05) is 18.4 Å². The maximum atomic E-state index is 12.3. The smallest absolute Gasteiger partial charge is 0.227 e. The van der Waals surface area contributed by atoms with Crippen LogP contribution in [0.1, 0.15) is 81.6 Å². The Labute approximate surface area is 205 Å². The van der Waals surface area contributed by atoms with Crippen LogP contribution in [0.25, 0.3) is 11.4 Å². The Morgan fingerprint density at radius 2 is 1.94 bits per heavy atom. The van der Waals surface area contributed by atoms with Crippen LogP contribution in [0.15, 0.2) is 33.9 Å². The van der Waals surface area contributed by atoms with E-state index in [0.29, 0.717) is 43.1 Å². The number of carbonyl (C=O) groups excluding carboxylic acids is 1. The number of nitrogens with one attached hydrogen (secondary N) is 1. The second-order valence-corrected chi connectivity index (χ2v) is 9.93. The van der Waals surface area contributed by atoms with Gasteiger partial charge in [0.25, 0.3) is 0 Å². The van der Waals surface area contributed by atoms with Gasteiger partial charge in [0, 0.05) is 37.4 Å². The zero-order valence-corrected chi connectivity index (χ0v) is 21.1. The summed E-state index contributed by atoms with van der Waals surface area (Å²) in [5.74, 6) is 2.54. The van der Waals surface area contributed by atoms with Crippen LogP contribution in [0.5, 0.6) is 0 Å². The molecule has 8 nitrogen and oxygen atoms in total. The van der Waals surface area contributed by atoms with E-state index in [-0.39, 0.29) is 5.91 Å². The Morgan fingerprint density at radius 1 is 1.18 bits per heavy atom. The second kappa shape index (κ2) is 11.6. The van der Waals surface area contributed by atoms with Crippen LogP contribution in [0.3, 0.4) is 0 Å². The summed E-state index contributed by atoms with van der Waals surface area (Å²) in [7, 11) is 0. The number of hydrogen-bond acceptors (Lipinski definition) is 7. The molecule has 0 spiro atoms. The van der Waals surface area contributed by atoms with Gasteiger partial charge in [-0.1, -0.05) is 67.9 Å². The molecule has 2 heterocycles. The van der Waals surface area contributed by atoms with E-state index in [9.17, 15) is 4.79 Å². The van der Waals surface area contributed by atoms with Crippen LogP contribution in [0, 0.1) is 0 Å². The first-order chi connectivity index (χ1) is 16.5. The van der Waals surface area contributed by atoms with Crippen LogP contribution >= 0.6 is 11.8 Å². The van der Waals surface area contributed by atoms with E-state index >= 15 is 0 Å². The average molecular weight is 483 g/mol. The summed E-state index contributed by atoms with van der Waals surface area (Å²) in [4.78, 5) is 16.7. The van der Waals surface area contributed by atoms with Crippen LogP contribution in [0.4, 0.5) is 0 Å². The van der Waals surface area contributed by atoms with E-state index in [1.54, 1.807) is 11.8 Å². The molecular weight excluding hydrogens is 448 g/mol. The molecule has 4 rings (SSSR count). The number of nitrogens with zero attached hydrogens (tertiary/aromatic N) is 5. The lowest BCUT2D eigenvalue weighted by Gasteiger charge is -2.16. The van der Waals surface area contributed by atoms with Gasteiger partial charge in [-0.15, -0.1) is 10.2 Å². The predicted molar refractivity (Wildman–Crippen MR) is 133 cm³/mol. The third kappa shape index (κ3) is 6.05. The number of rotatable bonds is 11. The van der Waals surface area contributed by atoms with Gasteiger partial charge in [-0.3, -0.25) is 4.79 Å². The standard InChI is InChI=1S/C25H34N6O2S/c1-17(2)18-10-12-19(13-11-18)24-27-23(33-30-24)15-14-22(32)26-16-6-9-21-28-29-25(34-3)31(21)20-7-4-5-8-20/h10-13,17,20H,4-9,14-16H2,1-3H3,(H,26,32). The first-order valence-corrected chi connectivity index (χ1v) is 13.4. The third-order valence-electron chi connectivity index (χ3n) is 6.38. The van der Waals surface area contributed by atoms with Crippen molar-refractivity contribution in [2.45, 2.75) is 82.3 Å². The van der Waals surface area contributed by atoms with Crippen molar-refractivity contribution in [2.75, 3.05) is 12.8 Å². The molecule has 0 aliphatic heterocycles. The molecule has 34 heavy (non-hydrogen) atoms. The number of thioether (sulfide) groups is 1. The molecule has 0 unspecified atom stereocenters. The van der Waals surface area contributed by atoms with Crippen molar-refractivity contribution in [1.82, 2.24) is 30.2 Å². The Hall–Kier alpha value is -2.68. The third-order valence-corrected chi connectivity index (χ3v) is 7.02. The normalized spacial score (nSPS) is 14.2. The summed E-state index contributed by atoms with van der Waals surface area (Å²) >= 11 is 1.65. The fraction of sp³-hybridized carbons (Fsp3) is 0.560. The number of amides is 1. The number of carbonyl (C=O) groups is 1. The SMILES string of the molecule is CSc1nnc(CCCNC(=O)CCc2nc(-c3ccc(C(C)C)cc3)no2)n1C1CCCC1. The Balaban J connectivity index is 1.20. The van der Waals surface area contributed by atoms with E-state index < -0.39 is 0 Å². The van der Waals surface area contributed by atoms with Gasteiger partial charge >= 0.3 is 0 Å². The highest BCUT2D eigenvalue weighted by molar-refractivity contribution is 7.98. The average Bonchev–Trinajstić information content (AvgIpc) is 3.61. The molecule has 0 saturated heterocycles. The second-order valence-electron chi connectivity index (χ2n) is 9.15. The Bertz CT molecular complexity index is 1070. The molecule has 0 atom stereocenters. The van der Waals surface area contributed by atoms with Gasteiger partial charge in [0.05, 0.1) is 0 Å². The summed E-state index contributed by atoms with van der Waals surface area (Å²) in [6.45, 7) is 4.94. The minimum absolute atomic E-state index is 0.0110. The lowest BCUT2D eigenvalue weighted by Crippen LogP contribution is -2.25. The highest BCUT2D eigenvalue weighted by Crippen LogP contribution is 2.33. The van der Waals surface area contributed by atoms with E-state index in [2.05, 4.69) is 56.2 Å². The molecular formula is C25H34N6O2S. The fourth-order valence-electron chi connectivity index (χ4n) is 4.42. The molecule has 0 bridgehead atoms. The molecule has 0 radical (unpaired) electrons. The lowest BCUT2D eigenvalue weighted by atomic mass is 10.0. The maximum Gasteiger partial charge on any atom is 0.227 e. The number of benzene rings is 1. The van der Waals surface area contributed by atoms with Gasteiger partial charge in [0.2, 0.25) is 17.6 Å². The molecule has 9 heteroatoms. The molecule has 2 aromatic heterocycles. The molecule has 1 aliphatic rings. The van der Waals surface area contributed by atoms with E-state index in [1.165, 1.54) is 31.2 Å². The van der Waals surface area contributed by atoms with Crippen LogP contribution in [-0.2, 0) is 17.6 Å². The Morgan fingerprint density at radius 3 is 2.65 bits per heavy atom. The Kier molecular flexibility index (Phi) is 8.37. The van der Waals surface area contributed by atoms with Crippen molar-refractivity contribution in [3.05, 3.63) is 41.5 Å². The highest BCUT2D eigenvalue weighted by atomic mass is 32.2. The molecule has 1 fully saturated rings. The van der Waals surface area contributed by atoms with Crippen molar-refractivity contribution in [3.63, 3.8) is 0 Å². The summed E-state index contributed by atoms with van der Waals surface area (Å²) in [5, 5.41) is 16.8. The molecule has 1 aliphatic carbocycles. The number of aryl methyl sites for hydroxylation is 2. The quantitative estimate of drug-likeness (QED) is 0.304. The van der Waals surface area contributed by atoms with Crippen molar-refractivity contribution in [2.24, 2.45) is 0 Å². The van der Waals surface area contributed by atoms with Crippen LogP contribution < -0.4 is 5.32 Å². The van der Waals surface area contributed by atoms with E-state index in [4.69, 9.17) is 4.52 Å². The zero-order chi connectivity index (χ0) is 23.9. The lowest BCUT2D eigenvalue weighted by molar-refractivity contribution is -0.121. The summed E-state index contributed by atoms with van der Waals surface area (Å²) < 4.78 is 7.67. The van der Waals surface area contributed by atoms with E-state index in [0.717, 1.165) is 29.4 Å².